The van der Waals surface area contributed by atoms with Gasteiger partial charge in [-0.3, -0.25) is 0 Å². The molecule has 1 atom stereocenters. The van der Waals surface area contributed by atoms with Crippen molar-refractivity contribution in [2.75, 3.05) is 18.5 Å². The molecule has 1 aliphatic heterocycles. The smallest absolute Gasteiger partial charge is 0.119 e. The van der Waals surface area contributed by atoms with E-state index >= 15 is 0 Å². The van der Waals surface area contributed by atoms with Crippen molar-refractivity contribution in [1.29, 1.82) is 0 Å². The largest absolute Gasteiger partial charge is 0.491 e. The molecule has 1 heterocycles. The van der Waals surface area contributed by atoms with Gasteiger partial charge in [-0.1, -0.05) is 46.9 Å². The monoisotopic (exact) mass is 385 g/mol. The van der Waals surface area contributed by atoms with E-state index in [1.807, 2.05) is 24.3 Å². The van der Waals surface area contributed by atoms with E-state index in [1.165, 1.54) is 0 Å². The summed E-state index contributed by atoms with van der Waals surface area (Å²) in [5, 5.41) is 4.72. The lowest BCUT2D eigenvalue weighted by atomic mass is 10.2. The molecule has 0 radical (unpaired) electrons. The predicted molar refractivity (Wildman–Crippen MR) is 99.7 cm³/mol. The van der Waals surface area contributed by atoms with Crippen LogP contribution in [-0.4, -0.2) is 19.3 Å². The molecule has 2 aromatic carbocycles. The highest BCUT2D eigenvalue weighted by molar-refractivity contribution is 6.44. The fraction of sp³-hybridized carbons (Fsp3) is 0.333. The molecule has 0 saturated carbocycles. The first kappa shape index (κ1) is 17.7. The molecule has 2 aromatic rings. The maximum absolute atomic E-state index is 6.16. The third kappa shape index (κ3) is 4.70. The van der Waals surface area contributed by atoms with Crippen molar-refractivity contribution in [2.45, 2.75) is 25.5 Å². The maximum atomic E-state index is 6.16. The SMILES string of the molecule is Clc1cc(Cl)c(NCc2ccc(OC[C@H]3CCCO3)cc2)cc1Cl. The highest BCUT2D eigenvalue weighted by Crippen LogP contribution is 2.32. The second-order valence-corrected chi connectivity index (χ2v) is 6.91. The first-order valence-corrected chi connectivity index (χ1v) is 8.97. The Morgan fingerprint density at radius 1 is 1.04 bits per heavy atom. The third-order valence-corrected chi connectivity index (χ3v) is 4.91. The summed E-state index contributed by atoms with van der Waals surface area (Å²) in [6.45, 7) is 2.08. The van der Waals surface area contributed by atoms with Gasteiger partial charge in [-0.25, -0.2) is 0 Å². The number of rotatable bonds is 6. The molecule has 6 heteroatoms. The van der Waals surface area contributed by atoms with Crippen molar-refractivity contribution in [1.82, 2.24) is 0 Å². The molecule has 0 amide bonds. The second-order valence-electron chi connectivity index (χ2n) is 5.69. The van der Waals surface area contributed by atoms with E-state index in [0.717, 1.165) is 36.4 Å². The molecule has 1 N–H and O–H groups in total. The highest BCUT2D eigenvalue weighted by atomic mass is 35.5. The molecule has 24 heavy (non-hydrogen) atoms. The highest BCUT2D eigenvalue weighted by Gasteiger charge is 2.15. The lowest BCUT2D eigenvalue weighted by molar-refractivity contribution is 0.0679. The molecule has 0 spiro atoms. The van der Waals surface area contributed by atoms with Crippen molar-refractivity contribution in [3.05, 3.63) is 57.0 Å². The van der Waals surface area contributed by atoms with Gasteiger partial charge in [0.15, 0.2) is 0 Å². The van der Waals surface area contributed by atoms with Crippen LogP contribution in [0, 0.1) is 0 Å². The van der Waals surface area contributed by atoms with Gasteiger partial charge in [0.05, 0.1) is 26.9 Å². The van der Waals surface area contributed by atoms with Gasteiger partial charge in [0, 0.05) is 13.2 Å². The Hall–Kier alpha value is -1.13. The average Bonchev–Trinajstić information content (AvgIpc) is 3.09. The van der Waals surface area contributed by atoms with Crippen molar-refractivity contribution < 1.29 is 9.47 Å². The molecule has 0 unspecified atom stereocenters. The number of nitrogens with one attached hydrogen (secondary N) is 1. The van der Waals surface area contributed by atoms with Gasteiger partial charge in [0.1, 0.15) is 12.4 Å². The summed E-state index contributed by atoms with van der Waals surface area (Å²) in [5.74, 6) is 0.849. The van der Waals surface area contributed by atoms with Gasteiger partial charge in [-0.15, -0.1) is 0 Å². The van der Waals surface area contributed by atoms with Crippen LogP contribution in [0.4, 0.5) is 5.69 Å². The average molecular weight is 387 g/mol. The van der Waals surface area contributed by atoms with Crippen LogP contribution in [0.3, 0.4) is 0 Å². The Morgan fingerprint density at radius 2 is 1.79 bits per heavy atom. The van der Waals surface area contributed by atoms with Crippen LogP contribution in [0.5, 0.6) is 5.75 Å². The number of benzene rings is 2. The topological polar surface area (TPSA) is 30.5 Å². The summed E-state index contributed by atoms with van der Waals surface area (Å²) in [6.07, 6.45) is 2.42. The zero-order valence-corrected chi connectivity index (χ0v) is 15.3. The second kappa shape index (κ2) is 8.30. The molecular formula is C18H18Cl3NO2. The quantitative estimate of drug-likeness (QED) is 0.635. The number of anilines is 1. The van der Waals surface area contributed by atoms with Gasteiger partial charge in [-0.05, 0) is 42.7 Å². The van der Waals surface area contributed by atoms with E-state index in [0.29, 0.717) is 28.2 Å². The van der Waals surface area contributed by atoms with Gasteiger partial charge in [0.25, 0.3) is 0 Å². The van der Waals surface area contributed by atoms with E-state index in [2.05, 4.69) is 5.32 Å². The Labute approximate surface area is 156 Å². The van der Waals surface area contributed by atoms with E-state index in [1.54, 1.807) is 12.1 Å². The fourth-order valence-electron chi connectivity index (χ4n) is 2.52. The van der Waals surface area contributed by atoms with Crippen LogP contribution in [0.15, 0.2) is 36.4 Å². The fourth-order valence-corrected chi connectivity index (χ4v) is 3.14. The van der Waals surface area contributed by atoms with Gasteiger partial charge in [-0.2, -0.15) is 0 Å². The summed E-state index contributed by atoms with van der Waals surface area (Å²) >= 11 is 18.1. The number of halogens is 3. The summed E-state index contributed by atoms with van der Waals surface area (Å²) in [4.78, 5) is 0. The summed E-state index contributed by atoms with van der Waals surface area (Å²) in [5.41, 5.74) is 1.87. The van der Waals surface area contributed by atoms with Crippen LogP contribution in [0.2, 0.25) is 15.1 Å². The van der Waals surface area contributed by atoms with Crippen LogP contribution in [0.1, 0.15) is 18.4 Å². The van der Waals surface area contributed by atoms with Crippen LogP contribution < -0.4 is 10.1 Å². The Morgan fingerprint density at radius 3 is 2.50 bits per heavy atom. The molecule has 0 bridgehead atoms. The molecule has 0 aliphatic carbocycles. The first-order chi connectivity index (χ1) is 11.6. The van der Waals surface area contributed by atoms with Crippen LogP contribution >= 0.6 is 34.8 Å². The Kier molecular flexibility index (Phi) is 6.12. The van der Waals surface area contributed by atoms with Crippen molar-refractivity contribution >= 4 is 40.5 Å². The zero-order valence-electron chi connectivity index (χ0n) is 13.0. The van der Waals surface area contributed by atoms with E-state index < -0.39 is 0 Å². The van der Waals surface area contributed by atoms with Crippen molar-refractivity contribution in [2.24, 2.45) is 0 Å². The van der Waals surface area contributed by atoms with Crippen LogP contribution in [-0.2, 0) is 11.3 Å². The molecule has 1 aliphatic rings. The molecule has 3 nitrogen and oxygen atoms in total. The molecule has 0 aromatic heterocycles. The molecule has 3 rings (SSSR count). The minimum Gasteiger partial charge on any atom is -0.491 e. The molecule has 128 valence electrons. The lowest BCUT2D eigenvalue weighted by Crippen LogP contribution is -2.16. The van der Waals surface area contributed by atoms with Gasteiger partial charge < -0.3 is 14.8 Å². The predicted octanol–water partition coefficient (Wildman–Crippen LogP) is 5.82. The maximum Gasteiger partial charge on any atom is 0.119 e. The minimum absolute atomic E-state index is 0.225. The van der Waals surface area contributed by atoms with E-state index in [9.17, 15) is 0 Å². The zero-order chi connectivity index (χ0) is 16.9. The third-order valence-electron chi connectivity index (χ3n) is 3.88. The number of hydrogen-bond acceptors (Lipinski definition) is 3. The summed E-state index contributed by atoms with van der Waals surface area (Å²) in [7, 11) is 0. The Balaban J connectivity index is 1.53. The van der Waals surface area contributed by atoms with Crippen molar-refractivity contribution in [3.8, 4) is 5.75 Å². The first-order valence-electron chi connectivity index (χ1n) is 7.83. The molecule has 1 fully saturated rings. The number of hydrogen-bond donors (Lipinski definition) is 1. The normalized spacial score (nSPS) is 17.0. The van der Waals surface area contributed by atoms with E-state index in [-0.39, 0.29) is 6.10 Å². The molecular weight excluding hydrogens is 369 g/mol. The summed E-state index contributed by atoms with van der Waals surface area (Å²) in [6, 6.07) is 11.3. The van der Waals surface area contributed by atoms with Gasteiger partial charge in [0.2, 0.25) is 0 Å². The minimum atomic E-state index is 0.225. The lowest BCUT2D eigenvalue weighted by Gasteiger charge is -2.12. The van der Waals surface area contributed by atoms with Gasteiger partial charge >= 0.3 is 0 Å². The molecule has 1 saturated heterocycles. The summed E-state index contributed by atoms with van der Waals surface area (Å²) < 4.78 is 11.3. The number of ether oxygens (including phenoxy) is 2. The van der Waals surface area contributed by atoms with E-state index in [4.69, 9.17) is 44.3 Å². The Bertz CT molecular complexity index is 685. The van der Waals surface area contributed by atoms with Crippen molar-refractivity contribution in [3.63, 3.8) is 0 Å². The standard InChI is InChI=1S/C18H18Cl3NO2/c19-15-8-17(21)18(9-16(15)20)22-10-12-3-5-13(6-4-12)24-11-14-2-1-7-23-14/h3-6,8-9,14,22H,1-2,7,10-11H2/t14-/m1/s1. The van der Waals surface area contributed by atoms with Crippen LogP contribution in [0.25, 0.3) is 0 Å².